The number of thiol groups is 1. The first-order valence-electron chi connectivity index (χ1n) is 5.35. The van der Waals surface area contributed by atoms with E-state index in [9.17, 15) is 13.6 Å². The fourth-order valence-electron chi connectivity index (χ4n) is 1.42. The van der Waals surface area contributed by atoms with Gasteiger partial charge < -0.3 is 9.47 Å². The molecule has 0 bridgehead atoms. The van der Waals surface area contributed by atoms with Crippen molar-refractivity contribution in [1.82, 2.24) is 0 Å². The van der Waals surface area contributed by atoms with Crippen LogP contribution in [0.4, 0.5) is 8.78 Å². The summed E-state index contributed by atoms with van der Waals surface area (Å²) >= 11 is 4.04. The van der Waals surface area contributed by atoms with Gasteiger partial charge in [0.1, 0.15) is 6.07 Å². The van der Waals surface area contributed by atoms with Crippen LogP contribution in [0.5, 0.6) is 5.75 Å². The lowest BCUT2D eigenvalue weighted by Crippen LogP contribution is -2.10. The summed E-state index contributed by atoms with van der Waals surface area (Å²) < 4.78 is 33.6. The second-order valence-corrected chi connectivity index (χ2v) is 3.87. The Balaban J connectivity index is 3.09. The topological polar surface area (TPSA) is 59.3 Å². The molecule has 0 heterocycles. The first-order valence-corrected chi connectivity index (χ1v) is 5.79. The highest BCUT2D eigenvalue weighted by Gasteiger charge is 2.17. The number of halogens is 2. The van der Waals surface area contributed by atoms with Crippen LogP contribution < -0.4 is 4.74 Å². The molecule has 0 fully saturated rings. The zero-order valence-electron chi connectivity index (χ0n) is 10.0. The Kier molecular flexibility index (Phi) is 5.57. The highest BCUT2D eigenvalue weighted by Crippen LogP contribution is 2.32. The molecule has 0 aliphatic heterocycles. The predicted molar refractivity (Wildman–Crippen MR) is 65.4 cm³/mol. The minimum atomic E-state index is -3.07. The van der Waals surface area contributed by atoms with Gasteiger partial charge in [0.05, 0.1) is 23.5 Å². The molecule has 0 aliphatic rings. The van der Waals surface area contributed by atoms with Gasteiger partial charge in [-0.2, -0.15) is 14.0 Å². The minimum absolute atomic E-state index is 0.0346. The van der Waals surface area contributed by atoms with Crippen molar-refractivity contribution < 1.29 is 23.0 Å². The first kappa shape index (κ1) is 15.2. The lowest BCUT2D eigenvalue weighted by Gasteiger charge is -2.12. The fraction of sp³-hybridized carbons (Fsp3) is 0.333. The normalized spacial score (nSPS) is 10.1. The van der Waals surface area contributed by atoms with Gasteiger partial charge in [-0.05, 0) is 18.6 Å². The molecule has 0 amide bonds. The molecule has 0 aromatic heterocycles. The maximum atomic E-state index is 12.3. The fourth-order valence-corrected chi connectivity index (χ4v) is 1.75. The molecular weight excluding hydrogens is 276 g/mol. The van der Waals surface area contributed by atoms with Gasteiger partial charge in [0.25, 0.3) is 0 Å². The highest BCUT2D eigenvalue weighted by molar-refractivity contribution is 7.80. The van der Waals surface area contributed by atoms with Crippen LogP contribution in [0, 0.1) is 11.3 Å². The minimum Gasteiger partial charge on any atom is -0.466 e. The Labute approximate surface area is 114 Å². The van der Waals surface area contributed by atoms with E-state index < -0.39 is 12.6 Å². The number of alkyl halides is 2. The summed E-state index contributed by atoms with van der Waals surface area (Å²) in [5.41, 5.74) is 0.286. The van der Waals surface area contributed by atoms with Crippen LogP contribution in [0.25, 0.3) is 0 Å². The highest BCUT2D eigenvalue weighted by atomic mass is 32.1. The smallest absolute Gasteiger partial charge is 0.387 e. The van der Waals surface area contributed by atoms with Crippen molar-refractivity contribution in [3.05, 3.63) is 23.3 Å². The van der Waals surface area contributed by atoms with E-state index in [0.717, 1.165) is 0 Å². The third-order valence-electron chi connectivity index (χ3n) is 2.18. The molecule has 1 rings (SSSR count). The number of ether oxygens (including phenoxy) is 2. The first-order chi connectivity index (χ1) is 8.99. The van der Waals surface area contributed by atoms with Crippen molar-refractivity contribution in [2.24, 2.45) is 0 Å². The monoisotopic (exact) mass is 287 g/mol. The van der Waals surface area contributed by atoms with Crippen LogP contribution in [0.1, 0.15) is 18.1 Å². The number of hydrogen-bond acceptors (Lipinski definition) is 5. The van der Waals surface area contributed by atoms with E-state index in [1.807, 2.05) is 0 Å². The Morgan fingerprint density at radius 1 is 1.53 bits per heavy atom. The average Bonchev–Trinajstić information content (AvgIpc) is 2.34. The van der Waals surface area contributed by atoms with E-state index in [-0.39, 0.29) is 29.2 Å². The van der Waals surface area contributed by atoms with Crippen molar-refractivity contribution in [2.45, 2.75) is 24.9 Å². The molecule has 0 spiro atoms. The van der Waals surface area contributed by atoms with Crippen molar-refractivity contribution in [3.63, 3.8) is 0 Å². The van der Waals surface area contributed by atoms with E-state index in [2.05, 4.69) is 17.4 Å². The molecule has 102 valence electrons. The predicted octanol–water partition coefficient (Wildman–Crippen LogP) is 2.55. The van der Waals surface area contributed by atoms with E-state index in [0.29, 0.717) is 5.56 Å². The lowest BCUT2D eigenvalue weighted by atomic mass is 10.1. The number of esters is 1. The summed E-state index contributed by atoms with van der Waals surface area (Å²) in [6, 6.07) is 4.48. The second-order valence-electron chi connectivity index (χ2n) is 3.42. The molecule has 4 nitrogen and oxygen atoms in total. The molecule has 0 unspecified atom stereocenters. The van der Waals surface area contributed by atoms with Crippen LogP contribution >= 0.6 is 12.6 Å². The standard InChI is InChI=1S/C12H11F2NO3S/c1-2-17-9(16)5-7-3-4-8(6-15)10(11(7)19)18-12(13)14/h3-4,12,19H,2,5H2,1H3. The molecular formula is C12H11F2NO3S. The molecule has 0 N–H and O–H groups in total. The van der Waals surface area contributed by atoms with Gasteiger partial charge in [-0.15, -0.1) is 12.6 Å². The lowest BCUT2D eigenvalue weighted by molar-refractivity contribution is -0.142. The van der Waals surface area contributed by atoms with Gasteiger partial charge in [0.2, 0.25) is 0 Å². The Morgan fingerprint density at radius 3 is 2.74 bits per heavy atom. The van der Waals surface area contributed by atoms with Crippen LogP contribution in [0.2, 0.25) is 0 Å². The maximum absolute atomic E-state index is 12.3. The number of nitriles is 1. The molecule has 0 atom stereocenters. The molecule has 0 saturated carbocycles. The number of carbonyl (C=O) groups excluding carboxylic acids is 1. The van der Waals surface area contributed by atoms with E-state index in [1.165, 1.54) is 12.1 Å². The summed E-state index contributed by atoms with van der Waals surface area (Å²) in [4.78, 5) is 11.4. The molecule has 1 aromatic carbocycles. The molecule has 0 saturated heterocycles. The molecule has 1 aromatic rings. The van der Waals surface area contributed by atoms with Crippen LogP contribution in [-0.2, 0) is 16.0 Å². The van der Waals surface area contributed by atoms with Crippen molar-refractivity contribution >= 4 is 18.6 Å². The van der Waals surface area contributed by atoms with E-state index in [1.54, 1.807) is 13.0 Å². The van der Waals surface area contributed by atoms with Gasteiger partial charge in [0.15, 0.2) is 5.75 Å². The molecule has 0 aliphatic carbocycles. The average molecular weight is 287 g/mol. The van der Waals surface area contributed by atoms with Crippen molar-refractivity contribution in [2.75, 3.05) is 6.61 Å². The summed E-state index contributed by atoms with van der Waals surface area (Å²) in [5, 5.41) is 8.81. The van der Waals surface area contributed by atoms with Crippen LogP contribution in [0.3, 0.4) is 0 Å². The number of hydrogen-bond donors (Lipinski definition) is 1. The third kappa shape index (κ3) is 4.10. The summed E-state index contributed by atoms with van der Waals surface area (Å²) in [5.74, 6) is -0.840. The zero-order chi connectivity index (χ0) is 14.4. The van der Waals surface area contributed by atoms with Gasteiger partial charge >= 0.3 is 12.6 Å². The van der Waals surface area contributed by atoms with Gasteiger partial charge in [-0.3, -0.25) is 4.79 Å². The summed E-state index contributed by atoms with van der Waals surface area (Å²) in [6.45, 7) is -1.20. The Hall–Kier alpha value is -1.81. The third-order valence-corrected chi connectivity index (χ3v) is 2.67. The molecule has 7 heteroatoms. The van der Waals surface area contributed by atoms with Gasteiger partial charge in [0, 0.05) is 0 Å². The van der Waals surface area contributed by atoms with Crippen molar-refractivity contribution in [3.8, 4) is 11.8 Å². The largest absolute Gasteiger partial charge is 0.466 e. The quantitative estimate of drug-likeness (QED) is 0.668. The van der Waals surface area contributed by atoms with Gasteiger partial charge in [-0.25, -0.2) is 0 Å². The maximum Gasteiger partial charge on any atom is 0.387 e. The Morgan fingerprint density at radius 2 is 2.21 bits per heavy atom. The summed E-state index contributed by atoms with van der Waals surface area (Å²) in [6.07, 6.45) is -0.127. The van der Waals surface area contributed by atoms with Crippen LogP contribution in [0.15, 0.2) is 17.0 Å². The molecule has 19 heavy (non-hydrogen) atoms. The number of nitrogens with zero attached hydrogens (tertiary/aromatic N) is 1. The van der Waals surface area contributed by atoms with E-state index >= 15 is 0 Å². The van der Waals surface area contributed by atoms with Gasteiger partial charge in [-0.1, -0.05) is 6.07 Å². The van der Waals surface area contributed by atoms with Crippen LogP contribution in [-0.4, -0.2) is 19.2 Å². The SMILES string of the molecule is CCOC(=O)Cc1ccc(C#N)c(OC(F)F)c1S. The number of rotatable bonds is 5. The summed E-state index contributed by atoms with van der Waals surface area (Å²) in [7, 11) is 0. The Bertz CT molecular complexity index is 514. The number of carbonyl (C=O) groups is 1. The zero-order valence-corrected chi connectivity index (χ0v) is 10.9. The van der Waals surface area contributed by atoms with E-state index in [4.69, 9.17) is 10.00 Å². The second kappa shape index (κ2) is 6.95. The number of benzene rings is 1. The molecule has 0 radical (unpaired) electrons. The van der Waals surface area contributed by atoms with Crippen molar-refractivity contribution in [1.29, 1.82) is 5.26 Å².